The quantitative estimate of drug-likeness (QED) is 0.664. The standard InChI is InChI=1S/C12H16ClN3O3/c1-2-10(11-4-3-5-19-11)15-12-9(13)6-8(7-14-12)16(17)18/h6-7,10-11H,2-5H2,1H3,(H,14,15). The van der Waals surface area contributed by atoms with Crippen molar-refractivity contribution in [2.45, 2.75) is 38.3 Å². The smallest absolute Gasteiger partial charge is 0.289 e. The van der Waals surface area contributed by atoms with Crippen LogP contribution >= 0.6 is 11.6 Å². The molecular weight excluding hydrogens is 270 g/mol. The molecule has 2 rings (SSSR count). The SMILES string of the molecule is CCC(Nc1ncc([N+](=O)[O-])cc1Cl)C1CCCO1. The zero-order valence-electron chi connectivity index (χ0n) is 10.6. The van der Waals surface area contributed by atoms with Gasteiger partial charge in [0.25, 0.3) is 5.69 Å². The highest BCUT2D eigenvalue weighted by Gasteiger charge is 2.25. The van der Waals surface area contributed by atoms with E-state index < -0.39 is 4.92 Å². The first kappa shape index (κ1) is 14.0. The lowest BCUT2D eigenvalue weighted by atomic mass is 10.1. The summed E-state index contributed by atoms with van der Waals surface area (Å²) in [5, 5.41) is 14.1. The van der Waals surface area contributed by atoms with Gasteiger partial charge in [-0.1, -0.05) is 18.5 Å². The van der Waals surface area contributed by atoms with Crippen molar-refractivity contribution >= 4 is 23.1 Å². The Hall–Kier alpha value is -1.40. The van der Waals surface area contributed by atoms with E-state index in [1.54, 1.807) is 0 Å². The van der Waals surface area contributed by atoms with Crippen molar-refractivity contribution in [2.75, 3.05) is 11.9 Å². The second kappa shape index (κ2) is 6.16. The minimum Gasteiger partial charge on any atom is -0.376 e. The number of ether oxygens (including phenoxy) is 1. The molecule has 1 aliphatic heterocycles. The maximum Gasteiger partial charge on any atom is 0.289 e. The molecular formula is C12H16ClN3O3. The first-order valence-electron chi connectivity index (χ1n) is 6.30. The van der Waals surface area contributed by atoms with Crippen LogP contribution in [-0.4, -0.2) is 28.7 Å². The molecule has 0 spiro atoms. The molecule has 2 atom stereocenters. The lowest BCUT2D eigenvalue weighted by Gasteiger charge is -2.23. The normalized spacial score (nSPS) is 20.2. The summed E-state index contributed by atoms with van der Waals surface area (Å²) in [4.78, 5) is 14.1. The summed E-state index contributed by atoms with van der Waals surface area (Å²) in [5.41, 5.74) is -0.110. The molecule has 1 aromatic rings. The molecule has 2 unspecified atom stereocenters. The van der Waals surface area contributed by atoms with Crippen molar-refractivity contribution in [1.29, 1.82) is 0 Å². The summed E-state index contributed by atoms with van der Waals surface area (Å²) in [7, 11) is 0. The van der Waals surface area contributed by atoms with E-state index in [9.17, 15) is 10.1 Å². The van der Waals surface area contributed by atoms with Crippen LogP contribution in [0.5, 0.6) is 0 Å². The van der Waals surface area contributed by atoms with E-state index in [0.29, 0.717) is 5.82 Å². The molecule has 19 heavy (non-hydrogen) atoms. The van der Waals surface area contributed by atoms with Gasteiger partial charge in [-0.3, -0.25) is 10.1 Å². The Morgan fingerprint density at radius 3 is 3.05 bits per heavy atom. The Morgan fingerprint density at radius 2 is 2.53 bits per heavy atom. The van der Waals surface area contributed by atoms with E-state index in [4.69, 9.17) is 16.3 Å². The second-order valence-corrected chi connectivity index (χ2v) is 4.90. The van der Waals surface area contributed by atoms with Gasteiger partial charge < -0.3 is 10.1 Å². The Labute approximate surface area is 116 Å². The van der Waals surface area contributed by atoms with E-state index in [2.05, 4.69) is 17.2 Å². The van der Waals surface area contributed by atoms with Gasteiger partial charge in [-0.15, -0.1) is 0 Å². The third kappa shape index (κ3) is 3.33. The Balaban J connectivity index is 2.10. The largest absolute Gasteiger partial charge is 0.376 e. The molecule has 0 radical (unpaired) electrons. The molecule has 2 heterocycles. The number of hydrogen-bond acceptors (Lipinski definition) is 5. The molecule has 1 saturated heterocycles. The van der Waals surface area contributed by atoms with Crippen LogP contribution in [0.2, 0.25) is 5.02 Å². The van der Waals surface area contributed by atoms with E-state index in [1.165, 1.54) is 12.3 Å². The Kier molecular flexibility index (Phi) is 4.55. The van der Waals surface area contributed by atoms with Crippen molar-refractivity contribution in [3.63, 3.8) is 0 Å². The number of nitrogens with one attached hydrogen (secondary N) is 1. The molecule has 7 heteroatoms. The van der Waals surface area contributed by atoms with Gasteiger partial charge in [0.2, 0.25) is 0 Å². The summed E-state index contributed by atoms with van der Waals surface area (Å²) in [5.74, 6) is 0.467. The molecule has 1 N–H and O–H groups in total. The molecule has 0 amide bonds. The third-order valence-electron chi connectivity index (χ3n) is 3.21. The van der Waals surface area contributed by atoms with Gasteiger partial charge in [0, 0.05) is 12.7 Å². The lowest BCUT2D eigenvalue weighted by molar-refractivity contribution is -0.385. The van der Waals surface area contributed by atoms with Crippen LogP contribution in [0.4, 0.5) is 11.5 Å². The molecule has 0 saturated carbocycles. The second-order valence-electron chi connectivity index (χ2n) is 4.49. The predicted octanol–water partition coefficient (Wildman–Crippen LogP) is 3.01. The number of nitrogens with zero attached hydrogens (tertiary/aromatic N) is 2. The van der Waals surface area contributed by atoms with Crippen LogP contribution in [0.1, 0.15) is 26.2 Å². The fraction of sp³-hybridized carbons (Fsp3) is 0.583. The van der Waals surface area contributed by atoms with E-state index in [1.807, 2.05) is 0 Å². The summed E-state index contributed by atoms with van der Waals surface area (Å²) < 4.78 is 5.64. The average molecular weight is 286 g/mol. The number of nitro groups is 1. The van der Waals surface area contributed by atoms with Crippen LogP contribution in [0.15, 0.2) is 12.3 Å². The maximum absolute atomic E-state index is 10.6. The molecule has 6 nitrogen and oxygen atoms in total. The van der Waals surface area contributed by atoms with Crippen LogP contribution in [0.25, 0.3) is 0 Å². The van der Waals surface area contributed by atoms with Crippen molar-refractivity contribution < 1.29 is 9.66 Å². The summed E-state index contributed by atoms with van der Waals surface area (Å²) in [6, 6.07) is 1.42. The predicted molar refractivity (Wildman–Crippen MR) is 72.6 cm³/mol. The number of hydrogen-bond donors (Lipinski definition) is 1. The number of anilines is 1. The molecule has 0 bridgehead atoms. The van der Waals surface area contributed by atoms with Crippen molar-refractivity contribution in [3.05, 3.63) is 27.4 Å². The van der Waals surface area contributed by atoms with Crippen LogP contribution in [-0.2, 0) is 4.74 Å². The highest BCUT2D eigenvalue weighted by molar-refractivity contribution is 6.33. The number of pyridine rings is 1. The van der Waals surface area contributed by atoms with E-state index in [-0.39, 0.29) is 22.9 Å². The zero-order chi connectivity index (χ0) is 13.8. The zero-order valence-corrected chi connectivity index (χ0v) is 11.4. The van der Waals surface area contributed by atoms with Gasteiger partial charge in [-0.05, 0) is 19.3 Å². The van der Waals surface area contributed by atoms with E-state index >= 15 is 0 Å². The molecule has 0 aromatic carbocycles. The third-order valence-corrected chi connectivity index (χ3v) is 3.50. The highest BCUT2D eigenvalue weighted by atomic mass is 35.5. The van der Waals surface area contributed by atoms with Gasteiger partial charge in [0.05, 0.1) is 22.1 Å². The molecule has 104 valence electrons. The number of halogens is 1. The molecule has 0 aliphatic carbocycles. The lowest BCUT2D eigenvalue weighted by Crippen LogP contribution is -2.32. The molecule has 1 aromatic heterocycles. The number of rotatable bonds is 5. The molecule has 1 aliphatic rings. The summed E-state index contributed by atoms with van der Waals surface area (Å²) in [6.45, 7) is 2.84. The van der Waals surface area contributed by atoms with Gasteiger partial charge in [0.15, 0.2) is 0 Å². The highest BCUT2D eigenvalue weighted by Crippen LogP contribution is 2.27. The maximum atomic E-state index is 10.6. The Bertz CT molecular complexity index is 464. The van der Waals surface area contributed by atoms with Gasteiger partial charge in [-0.25, -0.2) is 4.98 Å². The van der Waals surface area contributed by atoms with Gasteiger partial charge in [-0.2, -0.15) is 0 Å². The minimum absolute atomic E-state index is 0.110. The van der Waals surface area contributed by atoms with Crippen molar-refractivity contribution in [3.8, 4) is 0 Å². The minimum atomic E-state index is -0.514. The molecule has 1 fully saturated rings. The number of aromatic nitrogens is 1. The Morgan fingerprint density at radius 1 is 1.74 bits per heavy atom. The topological polar surface area (TPSA) is 77.3 Å². The average Bonchev–Trinajstić information content (AvgIpc) is 2.91. The van der Waals surface area contributed by atoms with Crippen LogP contribution < -0.4 is 5.32 Å². The fourth-order valence-electron chi connectivity index (χ4n) is 2.19. The fourth-order valence-corrected chi connectivity index (χ4v) is 2.40. The first-order valence-corrected chi connectivity index (χ1v) is 6.67. The van der Waals surface area contributed by atoms with Crippen LogP contribution in [0, 0.1) is 10.1 Å². The summed E-state index contributed by atoms with van der Waals surface area (Å²) in [6.07, 6.45) is 4.30. The first-order chi connectivity index (χ1) is 9.11. The summed E-state index contributed by atoms with van der Waals surface area (Å²) >= 11 is 6.01. The van der Waals surface area contributed by atoms with Crippen molar-refractivity contribution in [1.82, 2.24) is 4.98 Å². The van der Waals surface area contributed by atoms with Gasteiger partial charge in [0.1, 0.15) is 12.0 Å². The van der Waals surface area contributed by atoms with Crippen molar-refractivity contribution in [2.24, 2.45) is 0 Å². The van der Waals surface area contributed by atoms with Crippen LogP contribution in [0.3, 0.4) is 0 Å². The van der Waals surface area contributed by atoms with Gasteiger partial charge >= 0.3 is 0 Å². The monoisotopic (exact) mass is 285 g/mol. The van der Waals surface area contributed by atoms with E-state index in [0.717, 1.165) is 25.9 Å².